The fourth-order valence-corrected chi connectivity index (χ4v) is 4.67. The highest BCUT2D eigenvalue weighted by atomic mass is 32.2. The number of aryl methyl sites for hydroxylation is 2. The second-order valence-corrected chi connectivity index (χ2v) is 8.91. The Kier molecular flexibility index (Phi) is 5.62. The molecule has 1 aliphatic heterocycles. The summed E-state index contributed by atoms with van der Waals surface area (Å²) in [7, 11) is -3.64. The second-order valence-electron chi connectivity index (χ2n) is 6.97. The van der Waals surface area contributed by atoms with Gasteiger partial charge in [0.1, 0.15) is 5.82 Å². The van der Waals surface area contributed by atoms with E-state index < -0.39 is 15.9 Å². The molecule has 0 spiro atoms. The Hall–Kier alpha value is -2.25. The van der Waals surface area contributed by atoms with Crippen molar-refractivity contribution in [2.24, 2.45) is 5.92 Å². The Bertz CT molecular complexity index is 942. The molecule has 1 saturated heterocycles. The van der Waals surface area contributed by atoms with Gasteiger partial charge in [0.25, 0.3) is 0 Å². The molecule has 3 rings (SSSR count). The zero-order chi connectivity index (χ0) is 19.6. The lowest BCUT2D eigenvalue weighted by Crippen LogP contribution is -2.43. The molecular weight excluding hydrogens is 367 g/mol. The second kappa shape index (κ2) is 7.78. The molecule has 27 heavy (non-hydrogen) atoms. The van der Waals surface area contributed by atoms with Gasteiger partial charge < -0.3 is 5.32 Å². The van der Waals surface area contributed by atoms with Crippen molar-refractivity contribution in [3.63, 3.8) is 0 Å². The highest BCUT2D eigenvalue weighted by Crippen LogP contribution is 2.25. The van der Waals surface area contributed by atoms with E-state index in [1.165, 1.54) is 10.4 Å². The molecule has 2 aromatic rings. The van der Waals surface area contributed by atoms with Crippen molar-refractivity contribution in [1.29, 1.82) is 0 Å². The fourth-order valence-electron chi connectivity index (χ4n) is 3.15. The molecule has 0 aromatic heterocycles. The molecule has 1 aliphatic rings. The summed E-state index contributed by atoms with van der Waals surface area (Å²) < 4.78 is 40.7. The number of anilines is 1. The quantitative estimate of drug-likeness (QED) is 0.869. The number of halogens is 1. The maximum absolute atomic E-state index is 13.7. The van der Waals surface area contributed by atoms with E-state index in [4.69, 9.17) is 0 Å². The van der Waals surface area contributed by atoms with Crippen molar-refractivity contribution >= 4 is 21.6 Å². The summed E-state index contributed by atoms with van der Waals surface area (Å²) in [5, 5.41) is 2.70. The minimum atomic E-state index is -3.64. The van der Waals surface area contributed by atoms with Gasteiger partial charge in [-0.1, -0.05) is 23.8 Å². The standard InChI is InChI=1S/C20H23FN2O3S/c1-14-5-9-18(10-6-14)27(25,26)23-11-3-4-16(13-23)20(24)22-17-8-7-15(2)19(21)12-17/h5-10,12,16H,3-4,11,13H2,1-2H3,(H,22,24)/t16-/m1/s1. The van der Waals surface area contributed by atoms with Gasteiger partial charge in [-0.3, -0.25) is 4.79 Å². The summed E-state index contributed by atoms with van der Waals surface area (Å²) >= 11 is 0. The summed E-state index contributed by atoms with van der Waals surface area (Å²) in [5.74, 6) is -1.15. The lowest BCUT2D eigenvalue weighted by Gasteiger charge is -2.31. The number of carbonyl (C=O) groups is 1. The van der Waals surface area contributed by atoms with Crippen LogP contribution < -0.4 is 5.32 Å². The van der Waals surface area contributed by atoms with Crippen molar-refractivity contribution in [2.75, 3.05) is 18.4 Å². The Morgan fingerprint density at radius 3 is 2.52 bits per heavy atom. The first-order valence-electron chi connectivity index (χ1n) is 8.91. The van der Waals surface area contributed by atoms with Crippen LogP contribution in [-0.4, -0.2) is 31.7 Å². The van der Waals surface area contributed by atoms with E-state index in [1.54, 1.807) is 43.3 Å². The number of nitrogens with zero attached hydrogens (tertiary/aromatic N) is 1. The monoisotopic (exact) mass is 390 g/mol. The summed E-state index contributed by atoms with van der Waals surface area (Å²) in [5.41, 5.74) is 1.86. The maximum Gasteiger partial charge on any atom is 0.243 e. The van der Waals surface area contributed by atoms with Crippen molar-refractivity contribution in [2.45, 2.75) is 31.6 Å². The third kappa shape index (κ3) is 4.36. The SMILES string of the molecule is Cc1ccc(S(=O)(=O)N2CCC[C@@H](C(=O)Nc3ccc(C)c(F)c3)C2)cc1. The van der Waals surface area contributed by atoms with Gasteiger partial charge in [0.15, 0.2) is 0 Å². The van der Waals surface area contributed by atoms with Crippen molar-refractivity contribution in [1.82, 2.24) is 4.31 Å². The van der Waals surface area contributed by atoms with Gasteiger partial charge >= 0.3 is 0 Å². The van der Waals surface area contributed by atoms with Crippen LogP contribution >= 0.6 is 0 Å². The van der Waals surface area contributed by atoms with E-state index >= 15 is 0 Å². The number of amides is 1. The first-order valence-corrected chi connectivity index (χ1v) is 10.4. The van der Waals surface area contributed by atoms with Crippen LogP contribution in [0, 0.1) is 25.6 Å². The molecule has 144 valence electrons. The zero-order valence-corrected chi connectivity index (χ0v) is 16.2. The molecule has 0 unspecified atom stereocenters. The van der Waals surface area contributed by atoms with E-state index in [2.05, 4.69) is 5.32 Å². The summed E-state index contributed by atoms with van der Waals surface area (Å²) in [6.07, 6.45) is 1.20. The lowest BCUT2D eigenvalue weighted by atomic mass is 9.98. The molecule has 0 aliphatic carbocycles. The third-order valence-electron chi connectivity index (χ3n) is 4.85. The van der Waals surface area contributed by atoms with E-state index in [0.29, 0.717) is 30.6 Å². The van der Waals surface area contributed by atoms with Gasteiger partial charge in [0, 0.05) is 18.8 Å². The zero-order valence-electron chi connectivity index (χ0n) is 15.4. The molecule has 0 radical (unpaired) electrons. The summed E-state index contributed by atoms with van der Waals surface area (Å²) in [4.78, 5) is 12.8. The Morgan fingerprint density at radius 2 is 1.85 bits per heavy atom. The largest absolute Gasteiger partial charge is 0.326 e. The smallest absolute Gasteiger partial charge is 0.243 e. The van der Waals surface area contributed by atoms with Crippen LogP contribution in [0.4, 0.5) is 10.1 Å². The topological polar surface area (TPSA) is 66.5 Å². The Morgan fingerprint density at radius 1 is 1.15 bits per heavy atom. The highest BCUT2D eigenvalue weighted by molar-refractivity contribution is 7.89. The minimum absolute atomic E-state index is 0.121. The molecule has 1 heterocycles. The average Bonchev–Trinajstić information content (AvgIpc) is 2.65. The number of rotatable bonds is 4. The molecule has 1 amide bonds. The molecule has 2 aromatic carbocycles. The predicted molar refractivity (Wildman–Crippen MR) is 102 cm³/mol. The molecular formula is C20H23FN2O3S. The van der Waals surface area contributed by atoms with Crippen molar-refractivity contribution in [3.8, 4) is 0 Å². The molecule has 5 nitrogen and oxygen atoms in total. The summed E-state index contributed by atoms with van der Waals surface area (Å²) in [6.45, 7) is 4.05. The molecule has 1 fully saturated rings. The number of piperidine rings is 1. The number of hydrogen-bond acceptors (Lipinski definition) is 3. The van der Waals surface area contributed by atoms with Crippen molar-refractivity contribution in [3.05, 3.63) is 59.4 Å². The van der Waals surface area contributed by atoms with Crippen LogP contribution in [0.15, 0.2) is 47.4 Å². The predicted octanol–water partition coefficient (Wildman–Crippen LogP) is 3.48. The lowest BCUT2D eigenvalue weighted by molar-refractivity contribution is -0.120. The molecule has 7 heteroatoms. The van der Waals surface area contributed by atoms with E-state index in [9.17, 15) is 17.6 Å². The number of nitrogens with one attached hydrogen (secondary N) is 1. The van der Waals surface area contributed by atoms with Gasteiger partial charge in [0.05, 0.1) is 10.8 Å². The first-order chi connectivity index (χ1) is 12.8. The minimum Gasteiger partial charge on any atom is -0.326 e. The van der Waals surface area contributed by atoms with Crippen molar-refractivity contribution < 1.29 is 17.6 Å². The van der Waals surface area contributed by atoms with Crippen LogP contribution in [0.25, 0.3) is 0 Å². The van der Waals surface area contributed by atoms with Gasteiger partial charge in [-0.2, -0.15) is 4.31 Å². The van der Waals surface area contributed by atoms with E-state index in [-0.39, 0.29) is 23.2 Å². The van der Waals surface area contributed by atoms with E-state index in [0.717, 1.165) is 5.56 Å². The normalized spacial score (nSPS) is 18.3. The average molecular weight is 390 g/mol. The molecule has 0 saturated carbocycles. The Balaban J connectivity index is 1.72. The van der Waals surface area contributed by atoms with Gasteiger partial charge in [0.2, 0.25) is 15.9 Å². The molecule has 0 bridgehead atoms. The van der Waals surface area contributed by atoms with Crippen LogP contribution in [0.3, 0.4) is 0 Å². The summed E-state index contributed by atoms with van der Waals surface area (Å²) in [6, 6.07) is 11.2. The first kappa shape index (κ1) is 19.5. The van der Waals surface area contributed by atoms with Crippen LogP contribution in [-0.2, 0) is 14.8 Å². The van der Waals surface area contributed by atoms with E-state index in [1.807, 2.05) is 6.92 Å². The molecule has 1 atom stereocenters. The highest BCUT2D eigenvalue weighted by Gasteiger charge is 2.33. The Labute approximate surface area is 159 Å². The number of benzene rings is 2. The number of sulfonamides is 1. The molecule has 1 N–H and O–H groups in total. The van der Waals surface area contributed by atoms with Gasteiger partial charge in [-0.25, -0.2) is 12.8 Å². The third-order valence-corrected chi connectivity index (χ3v) is 6.73. The number of hydrogen-bond donors (Lipinski definition) is 1. The number of carbonyl (C=O) groups excluding carboxylic acids is 1. The van der Waals surface area contributed by atoms with Crippen LogP contribution in [0.1, 0.15) is 24.0 Å². The van der Waals surface area contributed by atoms with Crippen LogP contribution in [0.5, 0.6) is 0 Å². The van der Waals surface area contributed by atoms with Crippen LogP contribution in [0.2, 0.25) is 0 Å². The van der Waals surface area contributed by atoms with Gasteiger partial charge in [-0.15, -0.1) is 0 Å². The van der Waals surface area contributed by atoms with Gasteiger partial charge in [-0.05, 0) is 56.5 Å². The maximum atomic E-state index is 13.7. The fraction of sp³-hybridized carbons (Fsp3) is 0.350.